The number of hydrogen-bond donors (Lipinski definition) is 1. The lowest BCUT2D eigenvalue weighted by Gasteiger charge is -2.11. The third kappa shape index (κ3) is 3.04. The Kier molecular flexibility index (Phi) is 4.78. The molecule has 4 heteroatoms. The van der Waals surface area contributed by atoms with Crippen LogP contribution in [0.5, 0.6) is 11.5 Å². The van der Waals surface area contributed by atoms with Gasteiger partial charge in [0, 0.05) is 12.0 Å². The van der Waals surface area contributed by atoms with Gasteiger partial charge >= 0.3 is 0 Å². The molecule has 0 amide bonds. The van der Waals surface area contributed by atoms with E-state index in [-0.39, 0.29) is 12.5 Å². The molecule has 0 saturated heterocycles. The molecular formula is C11H16O3S. The molecule has 0 aliphatic carbocycles. The van der Waals surface area contributed by atoms with Gasteiger partial charge in [-0.15, -0.1) is 11.8 Å². The van der Waals surface area contributed by atoms with Crippen LogP contribution in [0.2, 0.25) is 0 Å². The molecule has 1 N–H and O–H groups in total. The number of aromatic hydroxyl groups is 1. The van der Waals surface area contributed by atoms with Crippen LogP contribution < -0.4 is 4.74 Å². The van der Waals surface area contributed by atoms with Crippen LogP contribution in [0.15, 0.2) is 17.0 Å². The molecule has 0 aromatic heterocycles. The standard InChI is InChI=1S/C11H16O3S/c1-4-8-5-9(12)10(14-7-13-2)6-11(8)15-3/h5-6,12H,4,7H2,1-3H3. The van der Waals surface area contributed by atoms with E-state index in [1.165, 1.54) is 0 Å². The highest BCUT2D eigenvalue weighted by molar-refractivity contribution is 7.98. The van der Waals surface area contributed by atoms with Gasteiger partial charge in [0.1, 0.15) is 0 Å². The van der Waals surface area contributed by atoms with E-state index in [9.17, 15) is 5.11 Å². The minimum atomic E-state index is 0.146. The summed E-state index contributed by atoms with van der Waals surface area (Å²) in [5.74, 6) is 0.639. The Balaban J connectivity index is 2.97. The third-order valence-electron chi connectivity index (χ3n) is 2.08. The van der Waals surface area contributed by atoms with Gasteiger partial charge in [0.15, 0.2) is 18.3 Å². The molecule has 0 radical (unpaired) electrons. The molecule has 0 unspecified atom stereocenters. The molecule has 0 saturated carbocycles. The average Bonchev–Trinajstić information content (AvgIpc) is 2.27. The number of benzene rings is 1. The fourth-order valence-corrected chi connectivity index (χ4v) is 1.99. The smallest absolute Gasteiger partial charge is 0.188 e. The van der Waals surface area contributed by atoms with Gasteiger partial charge < -0.3 is 14.6 Å². The second kappa shape index (κ2) is 5.88. The molecule has 1 rings (SSSR count). The topological polar surface area (TPSA) is 38.7 Å². The summed E-state index contributed by atoms with van der Waals surface area (Å²) >= 11 is 1.64. The van der Waals surface area contributed by atoms with Crippen molar-refractivity contribution in [1.29, 1.82) is 0 Å². The van der Waals surface area contributed by atoms with E-state index < -0.39 is 0 Å². The quantitative estimate of drug-likeness (QED) is 0.621. The number of hydrogen-bond acceptors (Lipinski definition) is 4. The van der Waals surface area contributed by atoms with Gasteiger partial charge in [0.05, 0.1) is 0 Å². The van der Waals surface area contributed by atoms with Crippen molar-refractivity contribution >= 4 is 11.8 Å². The molecule has 0 spiro atoms. The van der Waals surface area contributed by atoms with Crippen molar-refractivity contribution in [1.82, 2.24) is 0 Å². The van der Waals surface area contributed by atoms with Crippen LogP contribution in [0.1, 0.15) is 12.5 Å². The van der Waals surface area contributed by atoms with Crippen LogP contribution >= 0.6 is 11.8 Å². The first-order valence-electron chi connectivity index (χ1n) is 4.74. The molecule has 1 aromatic rings. The van der Waals surface area contributed by atoms with Crippen molar-refractivity contribution in [2.24, 2.45) is 0 Å². The number of methoxy groups -OCH3 is 1. The predicted molar refractivity (Wildman–Crippen MR) is 61.8 cm³/mol. The van der Waals surface area contributed by atoms with E-state index >= 15 is 0 Å². The Morgan fingerprint density at radius 1 is 1.40 bits per heavy atom. The lowest BCUT2D eigenvalue weighted by Crippen LogP contribution is -2.00. The van der Waals surface area contributed by atoms with Crippen LogP contribution in [0, 0.1) is 0 Å². The zero-order valence-corrected chi connectivity index (χ0v) is 10.1. The predicted octanol–water partition coefficient (Wildman–Crippen LogP) is 2.66. The van der Waals surface area contributed by atoms with Crippen molar-refractivity contribution < 1.29 is 14.6 Å². The first-order chi connectivity index (χ1) is 7.22. The molecular weight excluding hydrogens is 212 g/mol. The Morgan fingerprint density at radius 2 is 2.13 bits per heavy atom. The maximum Gasteiger partial charge on any atom is 0.188 e. The van der Waals surface area contributed by atoms with Crippen molar-refractivity contribution in [3.63, 3.8) is 0 Å². The zero-order chi connectivity index (χ0) is 11.3. The molecule has 0 atom stereocenters. The van der Waals surface area contributed by atoms with Gasteiger partial charge in [0.25, 0.3) is 0 Å². The van der Waals surface area contributed by atoms with Gasteiger partial charge in [-0.2, -0.15) is 0 Å². The van der Waals surface area contributed by atoms with E-state index in [4.69, 9.17) is 9.47 Å². The number of aryl methyl sites for hydroxylation is 1. The minimum Gasteiger partial charge on any atom is -0.504 e. The van der Waals surface area contributed by atoms with Crippen LogP contribution in [0.3, 0.4) is 0 Å². The van der Waals surface area contributed by atoms with Crippen LogP contribution in [0.25, 0.3) is 0 Å². The molecule has 0 aliphatic heterocycles. The highest BCUT2D eigenvalue weighted by Crippen LogP contribution is 2.34. The number of phenols is 1. The number of thioether (sulfide) groups is 1. The van der Waals surface area contributed by atoms with Gasteiger partial charge in [0.2, 0.25) is 0 Å². The second-order valence-corrected chi connectivity index (χ2v) is 3.88. The monoisotopic (exact) mass is 228 g/mol. The molecule has 84 valence electrons. The minimum absolute atomic E-state index is 0.146. The summed E-state index contributed by atoms with van der Waals surface area (Å²) in [4.78, 5) is 1.13. The Hall–Kier alpha value is -0.870. The van der Waals surface area contributed by atoms with E-state index in [0.717, 1.165) is 16.9 Å². The van der Waals surface area contributed by atoms with Crippen LogP contribution in [-0.4, -0.2) is 25.3 Å². The molecule has 0 heterocycles. The summed E-state index contributed by atoms with van der Waals surface area (Å²) in [7, 11) is 1.55. The number of rotatable bonds is 5. The first-order valence-corrected chi connectivity index (χ1v) is 5.97. The van der Waals surface area contributed by atoms with E-state index in [2.05, 4.69) is 6.92 Å². The SMILES string of the molecule is CCc1cc(O)c(OCOC)cc1SC. The third-order valence-corrected chi connectivity index (χ3v) is 2.90. The lowest BCUT2D eigenvalue weighted by molar-refractivity contribution is 0.0490. The molecule has 0 fully saturated rings. The highest BCUT2D eigenvalue weighted by Gasteiger charge is 2.08. The van der Waals surface area contributed by atoms with Crippen molar-refractivity contribution in [3.05, 3.63) is 17.7 Å². The Labute approximate surface area is 94.4 Å². The lowest BCUT2D eigenvalue weighted by atomic mass is 10.1. The second-order valence-electron chi connectivity index (χ2n) is 3.04. The zero-order valence-electron chi connectivity index (χ0n) is 9.24. The Bertz CT molecular complexity index is 326. The normalized spacial score (nSPS) is 10.3. The maximum absolute atomic E-state index is 9.68. The van der Waals surface area contributed by atoms with Crippen LogP contribution in [-0.2, 0) is 11.2 Å². The summed E-state index contributed by atoms with van der Waals surface area (Å²) in [6, 6.07) is 3.59. The summed E-state index contributed by atoms with van der Waals surface area (Å²) in [6.07, 6.45) is 2.90. The van der Waals surface area contributed by atoms with E-state index in [0.29, 0.717) is 5.75 Å². The molecule has 15 heavy (non-hydrogen) atoms. The molecule has 3 nitrogen and oxygen atoms in total. The number of phenolic OH excluding ortho intramolecular Hbond substituents is 1. The largest absolute Gasteiger partial charge is 0.504 e. The fourth-order valence-electron chi connectivity index (χ4n) is 1.30. The highest BCUT2D eigenvalue weighted by atomic mass is 32.2. The van der Waals surface area contributed by atoms with Gasteiger partial charge in [-0.3, -0.25) is 0 Å². The van der Waals surface area contributed by atoms with E-state index in [1.54, 1.807) is 24.9 Å². The van der Waals surface area contributed by atoms with Gasteiger partial charge in [-0.05, 0) is 30.4 Å². The fraction of sp³-hybridized carbons (Fsp3) is 0.455. The Morgan fingerprint density at radius 3 is 2.67 bits per heavy atom. The van der Waals surface area contributed by atoms with Gasteiger partial charge in [-0.25, -0.2) is 0 Å². The molecule has 0 bridgehead atoms. The van der Waals surface area contributed by atoms with Crippen LogP contribution in [0.4, 0.5) is 0 Å². The summed E-state index contributed by atoms with van der Waals surface area (Å²) in [5, 5.41) is 9.68. The average molecular weight is 228 g/mol. The first kappa shape index (κ1) is 12.2. The van der Waals surface area contributed by atoms with E-state index in [1.807, 2.05) is 12.3 Å². The number of ether oxygens (including phenoxy) is 2. The summed E-state index contributed by atoms with van der Waals surface area (Å²) in [5.41, 5.74) is 1.13. The summed E-state index contributed by atoms with van der Waals surface area (Å²) < 4.78 is 10.0. The van der Waals surface area contributed by atoms with Crippen molar-refractivity contribution in [3.8, 4) is 11.5 Å². The molecule has 1 aromatic carbocycles. The summed E-state index contributed by atoms with van der Waals surface area (Å²) in [6.45, 7) is 2.21. The van der Waals surface area contributed by atoms with Crippen molar-refractivity contribution in [2.45, 2.75) is 18.2 Å². The van der Waals surface area contributed by atoms with Crippen molar-refractivity contribution in [2.75, 3.05) is 20.2 Å². The molecule has 0 aliphatic rings. The van der Waals surface area contributed by atoms with Gasteiger partial charge in [-0.1, -0.05) is 6.92 Å². The maximum atomic E-state index is 9.68.